The highest BCUT2D eigenvalue weighted by Gasteiger charge is 2.03. The van der Waals surface area contributed by atoms with Gasteiger partial charge >= 0.3 is 0 Å². The zero-order chi connectivity index (χ0) is 12.8. The molecule has 0 N–H and O–H groups in total. The topological polar surface area (TPSA) is 26.3 Å². The number of hydrogen-bond acceptors (Lipinski definition) is 2. The fourth-order valence-corrected chi connectivity index (χ4v) is 1.78. The summed E-state index contributed by atoms with van der Waals surface area (Å²) in [5.41, 5.74) is 1.11. The molecular weight excluding hydrogens is 224 g/mol. The zero-order valence-corrected chi connectivity index (χ0v) is 10.4. The first-order chi connectivity index (χ1) is 8.78. The number of hydrogen-bond donors (Lipinski definition) is 0. The van der Waals surface area contributed by atoms with Crippen LogP contribution in [0.3, 0.4) is 0 Å². The maximum absolute atomic E-state index is 10.7. The average Bonchev–Trinajstić information content (AvgIpc) is 2.40. The lowest BCUT2D eigenvalue weighted by Crippen LogP contribution is -2.00. The predicted molar refractivity (Wildman–Crippen MR) is 71.9 cm³/mol. The van der Waals surface area contributed by atoms with Crippen LogP contribution in [0.2, 0.25) is 0 Å². The van der Waals surface area contributed by atoms with E-state index in [4.69, 9.17) is 4.74 Å². The molecule has 92 valence electrons. The van der Waals surface area contributed by atoms with Gasteiger partial charge in [-0.25, -0.2) is 0 Å². The van der Waals surface area contributed by atoms with Gasteiger partial charge < -0.3 is 9.53 Å². The number of carbonyl (C=O) groups excluding carboxylic acids is 1. The summed E-state index contributed by atoms with van der Waals surface area (Å²) in [4.78, 5) is 10.7. The van der Waals surface area contributed by atoms with Crippen molar-refractivity contribution in [3.05, 3.63) is 60.2 Å². The molecule has 0 radical (unpaired) electrons. The monoisotopic (exact) mass is 240 g/mol. The van der Waals surface area contributed by atoms with Crippen LogP contribution < -0.4 is 4.74 Å². The number of aldehydes is 1. The summed E-state index contributed by atoms with van der Waals surface area (Å²) in [7, 11) is 0. The van der Waals surface area contributed by atoms with Crippen LogP contribution in [-0.2, 0) is 11.2 Å². The molecule has 0 spiro atoms. The van der Waals surface area contributed by atoms with Crippen molar-refractivity contribution in [2.45, 2.75) is 13.3 Å². The number of para-hydroxylation sites is 1. The molecule has 2 heteroatoms. The SMILES string of the molecule is CC(C=O)Cc1cccc(Oc2ccccc2)c1. The van der Waals surface area contributed by atoms with Gasteiger partial charge in [0.15, 0.2) is 0 Å². The molecule has 2 aromatic carbocycles. The first-order valence-corrected chi connectivity index (χ1v) is 6.05. The molecule has 2 aromatic rings. The van der Waals surface area contributed by atoms with E-state index >= 15 is 0 Å². The molecule has 0 aliphatic carbocycles. The summed E-state index contributed by atoms with van der Waals surface area (Å²) >= 11 is 0. The third-order valence-corrected chi connectivity index (χ3v) is 2.67. The van der Waals surface area contributed by atoms with Crippen molar-refractivity contribution in [3.8, 4) is 11.5 Å². The van der Waals surface area contributed by atoms with E-state index in [0.29, 0.717) is 0 Å². The lowest BCUT2D eigenvalue weighted by Gasteiger charge is -2.08. The Morgan fingerprint density at radius 3 is 2.50 bits per heavy atom. The van der Waals surface area contributed by atoms with Crippen LogP contribution in [0.5, 0.6) is 11.5 Å². The van der Waals surface area contributed by atoms with Crippen LogP contribution in [0.4, 0.5) is 0 Å². The molecule has 0 amide bonds. The largest absolute Gasteiger partial charge is 0.457 e. The molecule has 0 saturated carbocycles. The summed E-state index contributed by atoms with van der Waals surface area (Å²) in [6, 6.07) is 17.5. The van der Waals surface area contributed by atoms with Crippen molar-refractivity contribution in [1.82, 2.24) is 0 Å². The number of benzene rings is 2. The lowest BCUT2D eigenvalue weighted by molar-refractivity contribution is -0.110. The van der Waals surface area contributed by atoms with Gasteiger partial charge in [0.25, 0.3) is 0 Å². The van der Waals surface area contributed by atoms with Crippen molar-refractivity contribution in [1.29, 1.82) is 0 Å². The van der Waals surface area contributed by atoms with Crippen LogP contribution in [-0.4, -0.2) is 6.29 Å². The second-order valence-corrected chi connectivity index (χ2v) is 4.38. The Hall–Kier alpha value is -2.09. The highest BCUT2D eigenvalue weighted by atomic mass is 16.5. The second-order valence-electron chi connectivity index (χ2n) is 4.38. The van der Waals surface area contributed by atoms with E-state index in [1.165, 1.54) is 0 Å². The maximum atomic E-state index is 10.7. The number of carbonyl (C=O) groups is 1. The van der Waals surface area contributed by atoms with Crippen LogP contribution in [0.1, 0.15) is 12.5 Å². The first-order valence-electron chi connectivity index (χ1n) is 6.05. The molecule has 1 atom stereocenters. The minimum atomic E-state index is 0.0389. The van der Waals surface area contributed by atoms with Gasteiger partial charge in [0.05, 0.1) is 0 Å². The van der Waals surface area contributed by atoms with E-state index < -0.39 is 0 Å². The van der Waals surface area contributed by atoms with E-state index in [1.54, 1.807) is 0 Å². The highest BCUT2D eigenvalue weighted by Crippen LogP contribution is 2.22. The van der Waals surface area contributed by atoms with E-state index in [1.807, 2.05) is 61.5 Å². The van der Waals surface area contributed by atoms with E-state index in [-0.39, 0.29) is 5.92 Å². The van der Waals surface area contributed by atoms with Crippen molar-refractivity contribution in [2.75, 3.05) is 0 Å². The fourth-order valence-electron chi connectivity index (χ4n) is 1.78. The maximum Gasteiger partial charge on any atom is 0.127 e. The van der Waals surface area contributed by atoms with Gasteiger partial charge in [-0.2, -0.15) is 0 Å². The van der Waals surface area contributed by atoms with E-state index in [2.05, 4.69) is 0 Å². The van der Waals surface area contributed by atoms with Crippen LogP contribution in [0.15, 0.2) is 54.6 Å². The smallest absolute Gasteiger partial charge is 0.127 e. The van der Waals surface area contributed by atoms with E-state index in [9.17, 15) is 4.79 Å². The summed E-state index contributed by atoms with van der Waals surface area (Å²) in [5.74, 6) is 1.66. The summed E-state index contributed by atoms with van der Waals surface area (Å²) in [5, 5.41) is 0. The standard InChI is InChI=1S/C16H16O2/c1-13(12-17)10-14-6-5-9-16(11-14)18-15-7-3-2-4-8-15/h2-9,11-13H,10H2,1H3. The normalized spacial score (nSPS) is 11.8. The number of ether oxygens (including phenoxy) is 1. The number of rotatable bonds is 5. The molecule has 2 rings (SSSR count). The van der Waals surface area contributed by atoms with Gasteiger partial charge in [0.2, 0.25) is 0 Å². The van der Waals surface area contributed by atoms with Gasteiger partial charge in [-0.15, -0.1) is 0 Å². The quantitative estimate of drug-likeness (QED) is 0.742. The highest BCUT2D eigenvalue weighted by molar-refractivity contribution is 5.53. The molecule has 0 aromatic heterocycles. The molecule has 2 nitrogen and oxygen atoms in total. The molecule has 1 unspecified atom stereocenters. The first kappa shape index (κ1) is 12.4. The molecule has 0 fully saturated rings. The Labute approximate surface area is 107 Å². The average molecular weight is 240 g/mol. The summed E-state index contributed by atoms with van der Waals surface area (Å²) in [6.07, 6.45) is 1.72. The Morgan fingerprint density at radius 2 is 1.78 bits per heavy atom. The summed E-state index contributed by atoms with van der Waals surface area (Å²) in [6.45, 7) is 1.91. The minimum absolute atomic E-state index is 0.0389. The zero-order valence-electron chi connectivity index (χ0n) is 10.4. The van der Waals surface area contributed by atoms with Gasteiger partial charge in [-0.3, -0.25) is 0 Å². The third-order valence-electron chi connectivity index (χ3n) is 2.67. The summed E-state index contributed by atoms with van der Waals surface area (Å²) < 4.78 is 5.75. The van der Waals surface area contributed by atoms with Crippen molar-refractivity contribution >= 4 is 6.29 Å². The lowest BCUT2D eigenvalue weighted by atomic mass is 10.0. The Kier molecular flexibility index (Phi) is 4.13. The van der Waals surface area contributed by atoms with Crippen LogP contribution in [0, 0.1) is 5.92 Å². The molecule has 0 saturated heterocycles. The predicted octanol–water partition coefficient (Wildman–Crippen LogP) is 3.86. The Balaban J connectivity index is 2.10. The molecule has 0 heterocycles. The fraction of sp³-hybridized carbons (Fsp3) is 0.188. The molecule has 0 aliphatic rings. The van der Waals surface area contributed by atoms with Crippen molar-refractivity contribution < 1.29 is 9.53 Å². The van der Waals surface area contributed by atoms with Gasteiger partial charge in [-0.05, 0) is 36.2 Å². The van der Waals surface area contributed by atoms with Gasteiger partial charge in [0.1, 0.15) is 17.8 Å². The molecular formula is C16H16O2. The van der Waals surface area contributed by atoms with Gasteiger partial charge in [0, 0.05) is 5.92 Å². The van der Waals surface area contributed by atoms with E-state index in [0.717, 1.165) is 29.8 Å². The molecule has 0 bridgehead atoms. The second kappa shape index (κ2) is 6.01. The van der Waals surface area contributed by atoms with Crippen LogP contribution >= 0.6 is 0 Å². The van der Waals surface area contributed by atoms with Crippen LogP contribution in [0.25, 0.3) is 0 Å². The molecule has 0 aliphatic heterocycles. The van der Waals surface area contributed by atoms with Crippen molar-refractivity contribution in [2.24, 2.45) is 5.92 Å². The van der Waals surface area contributed by atoms with Crippen molar-refractivity contribution in [3.63, 3.8) is 0 Å². The minimum Gasteiger partial charge on any atom is -0.457 e. The van der Waals surface area contributed by atoms with Gasteiger partial charge in [-0.1, -0.05) is 37.3 Å². The third kappa shape index (κ3) is 3.45. The Morgan fingerprint density at radius 1 is 1.06 bits per heavy atom. The Bertz CT molecular complexity index is 506. The molecule has 18 heavy (non-hydrogen) atoms.